The molecule has 0 bridgehead atoms. The molecular weight excluding hydrogens is 330 g/mol. The van der Waals surface area contributed by atoms with Crippen LogP contribution in [-0.2, 0) is 6.54 Å². The maximum absolute atomic E-state index is 12.5. The van der Waals surface area contributed by atoms with Crippen LogP contribution in [0.15, 0.2) is 52.3 Å². The molecular formula is C19H13N5O2. The van der Waals surface area contributed by atoms with E-state index in [1.165, 1.54) is 6.07 Å². The van der Waals surface area contributed by atoms with Crippen LogP contribution in [0.1, 0.15) is 38.4 Å². The van der Waals surface area contributed by atoms with Crippen LogP contribution in [-0.4, -0.2) is 21.8 Å². The van der Waals surface area contributed by atoms with Gasteiger partial charge >= 0.3 is 0 Å². The second-order valence-electron chi connectivity index (χ2n) is 5.88. The molecule has 0 spiro atoms. The molecule has 3 aromatic rings. The number of rotatable bonds is 3. The van der Waals surface area contributed by atoms with Crippen LogP contribution in [0.2, 0.25) is 0 Å². The number of aliphatic imine (C=N–C) groups is 1. The summed E-state index contributed by atoms with van der Waals surface area (Å²) in [6.07, 6.45) is 3.25. The first-order chi connectivity index (χ1) is 12.7. The second kappa shape index (κ2) is 6.26. The summed E-state index contributed by atoms with van der Waals surface area (Å²) < 4.78 is 5.14. The Morgan fingerprint density at radius 3 is 2.88 bits per heavy atom. The number of carbonyl (C=O) groups excluding carboxylic acids is 1. The van der Waals surface area contributed by atoms with Gasteiger partial charge in [0.1, 0.15) is 6.07 Å². The van der Waals surface area contributed by atoms with Gasteiger partial charge in [0.2, 0.25) is 0 Å². The normalized spacial score (nSPS) is 12.2. The lowest BCUT2D eigenvalue weighted by Gasteiger charge is -2.09. The third-order valence-electron chi connectivity index (χ3n) is 4.14. The first kappa shape index (κ1) is 15.7. The van der Waals surface area contributed by atoms with Crippen molar-refractivity contribution in [3.63, 3.8) is 0 Å². The summed E-state index contributed by atoms with van der Waals surface area (Å²) in [4.78, 5) is 17.1. The van der Waals surface area contributed by atoms with Crippen molar-refractivity contribution >= 4 is 17.3 Å². The van der Waals surface area contributed by atoms with E-state index in [2.05, 4.69) is 20.5 Å². The van der Waals surface area contributed by atoms with E-state index in [9.17, 15) is 4.79 Å². The molecule has 0 radical (unpaired) electrons. The van der Waals surface area contributed by atoms with Gasteiger partial charge in [-0.05, 0) is 42.3 Å². The van der Waals surface area contributed by atoms with Gasteiger partial charge in [-0.15, -0.1) is 10.2 Å². The van der Waals surface area contributed by atoms with Crippen molar-refractivity contribution in [2.24, 2.45) is 4.99 Å². The van der Waals surface area contributed by atoms with Gasteiger partial charge < -0.3 is 9.73 Å². The molecule has 0 atom stereocenters. The fourth-order valence-electron chi connectivity index (χ4n) is 2.86. The Hall–Kier alpha value is -3.79. The Kier molecular flexibility index (Phi) is 3.78. The minimum absolute atomic E-state index is 0.178. The number of aromatic nitrogens is 2. The van der Waals surface area contributed by atoms with Crippen molar-refractivity contribution < 1.29 is 9.21 Å². The molecule has 3 heterocycles. The quantitative estimate of drug-likeness (QED) is 0.787. The maximum Gasteiger partial charge on any atom is 0.276 e. The van der Waals surface area contributed by atoms with Gasteiger partial charge in [-0.2, -0.15) is 5.26 Å². The molecule has 7 nitrogen and oxygen atoms in total. The minimum atomic E-state index is -0.376. The van der Waals surface area contributed by atoms with Crippen molar-refractivity contribution in [1.82, 2.24) is 10.2 Å². The molecule has 1 N–H and O–H groups in total. The first-order valence-electron chi connectivity index (χ1n) is 7.92. The van der Waals surface area contributed by atoms with Gasteiger partial charge in [-0.25, -0.2) is 0 Å². The zero-order valence-electron chi connectivity index (χ0n) is 13.9. The predicted molar refractivity (Wildman–Crippen MR) is 93.9 cm³/mol. The van der Waals surface area contributed by atoms with Crippen LogP contribution >= 0.6 is 0 Å². The van der Waals surface area contributed by atoms with Gasteiger partial charge in [-0.3, -0.25) is 9.79 Å². The summed E-state index contributed by atoms with van der Waals surface area (Å²) in [7, 11) is 0. The van der Waals surface area contributed by atoms with Crippen LogP contribution in [0.5, 0.6) is 0 Å². The van der Waals surface area contributed by atoms with E-state index >= 15 is 0 Å². The minimum Gasteiger partial charge on any atom is -0.472 e. The number of hydrogen-bond donors (Lipinski definition) is 1. The van der Waals surface area contributed by atoms with Crippen LogP contribution in [0, 0.1) is 18.3 Å². The molecule has 0 saturated heterocycles. The molecule has 126 valence electrons. The maximum atomic E-state index is 12.5. The zero-order valence-corrected chi connectivity index (χ0v) is 13.9. The van der Waals surface area contributed by atoms with Crippen molar-refractivity contribution in [3.8, 4) is 6.07 Å². The summed E-state index contributed by atoms with van der Waals surface area (Å²) in [6, 6.07) is 11.0. The average molecular weight is 343 g/mol. The Labute approximate surface area is 149 Å². The molecule has 4 rings (SSSR count). The molecule has 0 saturated carbocycles. The highest BCUT2D eigenvalue weighted by Crippen LogP contribution is 2.26. The third-order valence-corrected chi connectivity index (χ3v) is 4.14. The van der Waals surface area contributed by atoms with Crippen molar-refractivity contribution in [2.75, 3.05) is 5.32 Å². The number of nitriles is 1. The van der Waals surface area contributed by atoms with Crippen LogP contribution in [0.25, 0.3) is 0 Å². The number of nitrogens with one attached hydrogen (secondary N) is 1. The number of amides is 1. The van der Waals surface area contributed by atoms with E-state index in [1.807, 2.05) is 30.3 Å². The number of hydrogen-bond acceptors (Lipinski definition) is 6. The highest BCUT2D eigenvalue weighted by atomic mass is 16.3. The van der Waals surface area contributed by atoms with E-state index in [0.29, 0.717) is 17.8 Å². The average Bonchev–Trinajstić information content (AvgIpc) is 3.30. The fraction of sp³-hybridized carbons (Fsp3) is 0.105. The number of aryl methyl sites for hydroxylation is 1. The largest absolute Gasteiger partial charge is 0.472 e. The van der Waals surface area contributed by atoms with Gasteiger partial charge in [0.05, 0.1) is 24.8 Å². The number of furan rings is 1. The van der Waals surface area contributed by atoms with E-state index in [1.54, 1.807) is 19.5 Å². The zero-order chi connectivity index (χ0) is 18.1. The molecule has 7 heteroatoms. The number of benzene rings is 1. The van der Waals surface area contributed by atoms with Gasteiger partial charge in [0, 0.05) is 16.8 Å². The number of carbonyl (C=O) groups is 1. The van der Waals surface area contributed by atoms with Gasteiger partial charge in [-0.1, -0.05) is 6.07 Å². The fourth-order valence-corrected chi connectivity index (χ4v) is 2.86. The summed E-state index contributed by atoms with van der Waals surface area (Å²) in [5.74, 6) is -0.376. The molecule has 0 fully saturated rings. The first-order valence-corrected chi connectivity index (χ1v) is 7.92. The summed E-state index contributed by atoms with van der Waals surface area (Å²) in [6.45, 7) is 2.32. The molecule has 0 unspecified atom stereocenters. The highest BCUT2D eigenvalue weighted by Gasteiger charge is 2.20. The lowest BCUT2D eigenvalue weighted by molar-refractivity contribution is 0.102. The lowest BCUT2D eigenvalue weighted by Crippen LogP contribution is -2.17. The monoisotopic (exact) mass is 343 g/mol. The van der Waals surface area contributed by atoms with Crippen LogP contribution in [0.4, 0.5) is 5.69 Å². The van der Waals surface area contributed by atoms with Gasteiger partial charge in [0.15, 0.2) is 11.4 Å². The number of anilines is 1. The van der Waals surface area contributed by atoms with Crippen molar-refractivity contribution in [2.45, 2.75) is 13.5 Å². The topological polar surface area (TPSA) is 104 Å². The number of fused-ring (bicyclic) bond motifs is 1. The summed E-state index contributed by atoms with van der Waals surface area (Å²) in [5, 5.41) is 19.3. The lowest BCUT2D eigenvalue weighted by atomic mass is 10.0. The standard InChI is InChI=1S/C19H13N5O2/c1-11-6-15(8-20)23-24-17(11)19(25)22-14-3-2-12-9-21-18(16(12)7-14)13-4-5-26-10-13/h2-7,10H,9H2,1H3,(H,22,25). The molecule has 1 aliphatic rings. The smallest absolute Gasteiger partial charge is 0.276 e. The SMILES string of the molecule is Cc1cc(C#N)nnc1C(=O)Nc1ccc2c(c1)C(c1ccoc1)=NC2. The second-order valence-corrected chi connectivity index (χ2v) is 5.88. The van der Waals surface area contributed by atoms with Crippen LogP contribution in [0.3, 0.4) is 0 Å². The Morgan fingerprint density at radius 2 is 2.15 bits per heavy atom. The highest BCUT2D eigenvalue weighted by molar-refractivity contribution is 6.15. The van der Waals surface area contributed by atoms with E-state index in [0.717, 1.165) is 22.4 Å². The summed E-state index contributed by atoms with van der Waals surface area (Å²) >= 11 is 0. The van der Waals surface area contributed by atoms with E-state index < -0.39 is 0 Å². The predicted octanol–water partition coefficient (Wildman–Crippen LogP) is 2.85. The van der Waals surface area contributed by atoms with E-state index in [4.69, 9.17) is 9.68 Å². The Bertz CT molecular complexity index is 1080. The van der Waals surface area contributed by atoms with Crippen LogP contribution < -0.4 is 5.32 Å². The third kappa shape index (κ3) is 2.74. The summed E-state index contributed by atoms with van der Waals surface area (Å²) in [5.41, 5.74) is 5.40. The molecule has 26 heavy (non-hydrogen) atoms. The molecule has 1 amide bonds. The number of nitrogens with zero attached hydrogens (tertiary/aromatic N) is 4. The van der Waals surface area contributed by atoms with E-state index in [-0.39, 0.29) is 17.3 Å². The van der Waals surface area contributed by atoms with Crippen molar-refractivity contribution in [3.05, 3.63) is 76.5 Å². The Morgan fingerprint density at radius 1 is 1.27 bits per heavy atom. The van der Waals surface area contributed by atoms with Gasteiger partial charge in [0.25, 0.3) is 5.91 Å². The van der Waals surface area contributed by atoms with Crippen molar-refractivity contribution in [1.29, 1.82) is 5.26 Å². The molecule has 2 aromatic heterocycles. The molecule has 0 aliphatic carbocycles. The molecule has 1 aliphatic heterocycles. The molecule has 1 aromatic carbocycles. The Balaban J connectivity index is 1.61.